The molecule has 0 spiro atoms. The van der Waals surface area contributed by atoms with E-state index in [1.54, 1.807) is 0 Å². The van der Waals surface area contributed by atoms with E-state index in [2.05, 4.69) is 34.6 Å². The largest absolute Gasteiger partial charge is 0.493 e. The first-order valence-corrected chi connectivity index (χ1v) is 24.6. The molecule has 0 aromatic heterocycles. The van der Waals surface area contributed by atoms with Crippen molar-refractivity contribution in [1.29, 1.82) is 0 Å². The van der Waals surface area contributed by atoms with Crippen LogP contribution < -0.4 is 9.47 Å². The summed E-state index contributed by atoms with van der Waals surface area (Å²) >= 11 is 1.95. The fourth-order valence-corrected chi connectivity index (χ4v) is 9.45. The number of hydrogen-bond acceptors (Lipinski definition) is 3. The maximum absolute atomic E-state index is 6.54. The van der Waals surface area contributed by atoms with E-state index < -0.39 is 0 Å². The van der Waals surface area contributed by atoms with Crippen LogP contribution >= 0.6 is 11.8 Å². The van der Waals surface area contributed by atoms with Crippen molar-refractivity contribution in [3.05, 3.63) is 16.7 Å². The highest BCUT2D eigenvalue weighted by Gasteiger charge is 2.30. The summed E-state index contributed by atoms with van der Waals surface area (Å²) < 4.78 is 13.0. The van der Waals surface area contributed by atoms with Crippen LogP contribution in [-0.2, 0) is 0 Å². The molecule has 0 radical (unpaired) electrons. The lowest BCUT2D eigenvalue weighted by molar-refractivity contribution is 0.272. The van der Waals surface area contributed by atoms with E-state index in [1.165, 1.54) is 246 Å². The Kier molecular flexibility index (Phi) is 30.5. The molecule has 1 atom stereocenters. The van der Waals surface area contributed by atoms with Crippen LogP contribution in [0.5, 0.6) is 11.5 Å². The molecule has 2 rings (SSSR count). The fourth-order valence-electron chi connectivity index (χ4n) is 8.18. The SMILES string of the molecule is CCCCCCCCCCCCCCCCCCCCOc1c(C)c(C)c2c(c1C)SC(CCCCCCCCCCCCCCCCCCC)O2. The molecule has 2 nitrogen and oxygen atoms in total. The molecule has 0 bridgehead atoms. The van der Waals surface area contributed by atoms with E-state index in [0.29, 0.717) is 0 Å². The van der Waals surface area contributed by atoms with E-state index in [4.69, 9.17) is 9.47 Å². The van der Waals surface area contributed by atoms with Gasteiger partial charge < -0.3 is 9.47 Å². The number of thioether (sulfide) groups is 1. The summed E-state index contributed by atoms with van der Waals surface area (Å²) in [7, 11) is 0. The second-order valence-corrected chi connectivity index (χ2v) is 18.0. The smallest absolute Gasteiger partial charge is 0.149 e. The van der Waals surface area contributed by atoms with Crippen LogP contribution in [0.3, 0.4) is 0 Å². The minimum atomic E-state index is 0.272. The summed E-state index contributed by atoms with van der Waals surface area (Å²) in [5, 5.41) is 0. The highest BCUT2D eigenvalue weighted by molar-refractivity contribution is 8.00. The number of benzene rings is 1. The predicted molar refractivity (Wildman–Crippen MR) is 234 cm³/mol. The van der Waals surface area contributed by atoms with Crippen molar-refractivity contribution in [1.82, 2.24) is 0 Å². The number of ether oxygens (including phenoxy) is 2. The molecule has 1 aromatic carbocycles. The quantitative estimate of drug-likeness (QED) is 0.0629. The molecule has 3 heteroatoms. The number of unbranched alkanes of at least 4 members (excludes halogenated alkanes) is 33. The van der Waals surface area contributed by atoms with Crippen LogP contribution in [0.2, 0.25) is 0 Å². The minimum Gasteiger partial charge on any atom is -0.493 e. The van der Waals surface area contributed by atoms with Gasteiger partial charge in [-0.2, -0.15) is 0 Å². The highest BCUT2D eigenvalue weighted by atomic mass is 32.2. The summed E-state index contributed by atoms with van der Waals surface area (Å²) in [5.74, 6) is 2.26. The van der Waals surface area contributed by atoms with Gasteiger partial charge in [-0.1, -0.05) is 237 Å². The van der Waals surface area contributed by atoms with Gasteiger partial charge in [0.2, 0.25) is 0 Å². The van der Waals surface area contributed by atoms with E-state index in [9.17, 15) is 0 Å². The van der Waals surface area contributed by atoms with Crippen molar-refractivity contribution < 1.29 is 9.47 Å². The summed E-state index contributed by atoms with van der Waals surface area (Å²) in [6.07, 6.45) is 50.8. The van der Waals surface area contributed by atoms with Crippen LogP contribution in [0.4, 0.5) is 0 Å². The van der Waals surface area contributed by atoms with E-state index in [-0.39, 0.29) is 5.44 Å². The lowest BCUT2D eigenvalue weighted by atomic mass is 10.0. The number of rotatable bonds is 38. The van der Waals surface area contributed by atoms with Gasteiger partial charge in [0.05, 0.1) is 11.5 Å². The molecule has 52 heavy (non-hydrogen) atoms. The average Bonchev–Trinajstić information content (AvgIpc) is 3.59. The van der Waals surface area contributed by atoms with Gasteiger partial charge in [0, 0.05) is 5.56 Å². The Bertz CT molecular complexity index is 951. The molecular formula is C49H90O2S. The maximum atomic E-state index is 6.54. The minimum absolute atomic E-state index is 0.272. The monoisotopic (exact) mass is 743 g/mol. The summed E-state index contributed by atoms with van der Waals surface area (Å²) in [6, 6.07) is 0. The Labute approximate surface area is 330 Å². The van der Waals surface area contributed by atoms with Gasteiger partial charge in [0.25, 0.3) is 0 Å². The van der Waals surface area contributed by atoms with E-state index >= 15 is 0 Å². The van der Waals surface area contributed by atoms with Gasteiger partial charge in [0.1, 0.15) is 16.9 Å². The molecule has 1 aliphatic heterocycles. The average molecular weight is 743 g/mol. The molecule has 1 aromatic rings. The van der Waals surface area contributed by atoms with Gasteiger partial charge in [-0.3, -0.25) is 0 Å². The first-order chi connectivity index (χ1) is 25.6. The molecule has 304 valence electrons. The topological polar surface area (TPSA) is 18.5 Å². The molecule has 0 amide bonds. The van der Waals surface area contributed by atoms with Crippen molar-refractivity contribution >= 4 is 11.8 Å². The third kappa shape index (κ3) is 22.5. The Hall–Kier alpha value is -0.830. The molecule has 1 aliphatic rings. The standard InChI is InChI=1S/C49H90O2S/c1-6-8-10-12-14-16-18-20-22-24-26-28-30-32-34-36-38-40-42-50-47-43(3)44(4)48-49(45(47)5)52-46(51-48)41-39-37-35-33-31-29-27-25-23-21-19-17-15-13-11-9-7-2/h46H,6-42H2,1-5H3. The second kappa shape index (κ2) is 33.5. The maximum Gasteiger partial charge on any atom is 0.149 e. The van der Waals surface area contributed by atoms with Gasteiger partial charge in [-0.25, -0.2) is 0 Å². The van der Waals surface area contributed by atoms with Crippen molar-refractivity contribution in [2.45, 2.75) is 276 Å². The summed E-state index contributed by atoms with van der Waals surface area (Å²) in [4.78, 5) is 1.34. The zero-order chi connectivity index (χ0) is 37.3. The van der Waals surface area contributed by atoms with Crippen molar-refractivity contribution in [2.24, 2.45) is 0 Å². The van der Waals surface area contributed by atoms with Crippen LogP contribution in [0.15, 0.2) is 4.90 Å². The predicted octanol–water partition coefficient (Wildman–Crippen LogP) is 17.9. The molecule has 0 fully saturated rings. The Morgan fingerprint density at radius 3 is 1.10 bits per heavy atom. The zero-order valence-electron chi connectivity index (χ0n) is 36.0. The third-order valence-corrected chi connectivity index (χ3v) is 13.2. The van der Waals surface area contributed by atoms with Crippen molar-refractivity contribution in [3.8, 4) is 11.5 Å². The van der Waals surface area contributed by atoms with Crippen LogP contribution in [0.1, 0.15) is 262 Å². The number of hydrogen-bond donors (Lipinski definition) is 0. The lowest BCUT2D eigenvalue weighted by Crippen LogP contribution is -2.07. The van der Waals surface area contributed by atoms with Gasteiger partial charge >= 0.3 is 0 Å². The summed E-state index contributed by atoms with van der Waals surface area (Å²) in [6.45, 7) is 12.2. The molecule has 0 N–H and O–H groups in total. The molecular weight excluding hydrogens is 653 g/mol. The normalized spacial score (nSPS) is 13.9. The lowest BCUT2D eigenvalue weighted by Gasteiger charge is -2.17. The van der Waals surface area contributed by atoms with Crippen molar-refractivity contribution in [2.75, 3.05) is 6.61 Å². The highest BCUT2D eigenvalue weighted by Crippen LogP contribution is 2.50. The summed E-state index contributed by atoms with van der Waals surface area (Å²) in [5.41, 5.74) is 4.13. The number of fused-ring (bicyclic) bond motifs is 1. The molecule has 0 aliphatic carbocycles. The van der Waals surface area contributed by atoms with Crippen LogP contribution in [0.25, 0.3) is 0 Å². The second-order valence-electron chi connectivity index (χ2n) is 16.8. The fraction of sp³-hybridized carbons (Fsp3) is 0.878. The molecule has 0 saturated carbocycles. The molecule has 0 saturated heterocycles. The Morgan fingerprint density at radius 1 is 0.404 bits per heavy atom. The van der Waals surface area contributed by atoms with Gasteiger partial charge in [-0.05, 0) is 51.2 Å². The van der Waals surface area contributed by atoms with Gasteiger partial charge in [0.15, 0.2) is 0 Å². The molecule has 1 heterocycles. The van der Waals surface area contributed by atoms with Crippen LogP contribution in [0, 0.1) is 20.8 Å². The first-order valence-electron chi connectivity index (χ1n) is 23.7. The van der Waals surface area contributed by atoms with E-state index in [0.717, 1.165) is 24.5 Å². The zero-order valence-corrected chi connectivity index (χ0v) is 36.8. The first kappa shape index (κ1) is 47.3. The van der Waals surface area contributed by atoms with E-state index in [1.807, 2.05) is 11.8 Å². The van der Waals surface area contributed by atoms with Crippen LogP contribution in [-0.4, -0.2) is 12.0 Å². The Morgan fingerprint density at radius 2 is 0.731 bits per heavy atom. The molecule has 1 unspecified atom stereocenters. The third-order valence-electron chi connectivity index (χ3n) is 11.9. The Balaban J connectivity index is 1.43. The van der Waals surface area contributed by atoms with Gasteiger partial charge in [-0.15, -0.1) is 0 Å². The van der Waals surface area contributed by atoms with Crippen molar-refractivity contribution in [3.63, 3.8) is 0 Å².